The normalized spacial score (nSPS) is 11.1. The molecule has 0 aliphatic carbocycles. The number of nitrogens with zero attached hydrogens (tertiary/aromatic N) is 15. The van der Waals surface area contributed by atoms with Gasteiger partial charge in [-0.05, 0) is 107 Å². The molecule has 0 bridgehead atoms. The molecule has 0 spiro atoms. The van der Waals surface area contributed by atoms with Gasteiger partial charge in [0, 0.05) is 68.0 Å². The van der Waals surface area contributed by atoms with Crippen molar-refractivity contribution in [2.75, 3.05) is 0 Å². The number of hydrogen-bond acceptors (Lipinski definition) is 16. The van der Waals surface area contributed by atoms with Crippen LogP contribution in [-0.2, 0) is 0 Å². The molecule has 9 heterocycles. The first-order valence-corrected chi connectivity index (χ1v) is 39.1. The Balaban J connectivity index is 0.000000165. The molecule has 0 aliphatic rings. The third-order valence-electron chi connectivity index (χ3n) is 19.7. The molecule has 0 atom stereocenters. The van der Waals surface area contributed by atoms with Crippen LogP contribution in [0.25, 0.3) is 187 Å². The van der Waals surface area contributed by atoms with E-state index in [-0.39, 0.29) is 5.71 Å². The Morgan fingerprint density at radius 3 is 1.05 bits per heavy atom. The summed E-state index contributed by atoms with van der Waals surface area (Å²) in [4.78, 5) is 74.4. The number of rotatable bonds is 20. The van der Waals surface area contributed by atoms with Gasteiger partial charge in [-0.3, -0.25) is 15.4 Å². The Kier molecular flexibility index (Phi) is 22.0. The van der Waals surface area contributed by atoms with Crippen molar-refractivity contribution in [3.63, 3.8) is 0 Å². The van der Waals surface area contributed by atoms with Crippen LogP contribution in [0.4, 0.5) is 0 Å². The van der Waals surface area contributed by atoms with Gasteiger partial charge >= 0.3 is 0 Å². The molecule has 0 amide bonds. The number of allylic oxidation sites excluding steroid dienone is 3. The molecule has 10 aromatic carbocycles. The quantitative estimate of drug-likeness (QED) is 0.0554. The largest absolute Gasteiger partial charge is 0.299 e. The molecule has 9 aromatic heterocycles. The van der Waals surface area contributed by atoms with E-state index in [0.717, 1.165) is 95.0 Å². The molecule has 1 N–H and O–H groups in total. The van der Waals surface area contributed by atoms with E-state index in [0.29, 0.717) is 97.8 Å². The van der Waals surface area contributed by atoms with E-state index in [9.17, 15) is 0 Å². The summed E-state index contributed by atoms with van der Waals surface area (Å²) < 4.78 is 0. The first-order chi connectivity index (χ1) is 59.3. The van der Waals surface area contributed by atoms with Crippen molar-refractivity contribution in [3.8, 4) is 181 Å². The van der Waals surface area contributed by atoms with Crippen LogP contribution in [-0.4, -0.2) is 80.5 Å². The van der Waals surface area contributed by atoms with E-state index < -0.39 is 0 Å². The molecule has 16 heteroatoms. The topological polar surface area (TPSA) is 217 Å². The van der Waals surface area contributed by atoms with Crippen molar-refractivity contribution in [3.05, 3.63) is 424 Å². The van der Waals surface area contributed by atoms with Gasteiger partial charge in [0.1, 0.15) is 5.69 Å². The summed E-state index contributed by atoms with van der Waals surface area (Å²) in [6.07, 6.45) is 11.0. The van der Waals surface area contributed by atoms with Gasteiger partial charge in [-0.1, -0.05) is 322 Å². The van der Waals surface area contributed by atoms with Gasteiger partial charge in [0.05, 0.1) is 68.3 Å². The van der Waals surface area contributed by atoms with Gasteiger partial charge in [0.2, 0.25) is 0 Å². The van der Waals surface area contributed by atoms with E-state index >= 15 is 0 Å². The van der Waals surface area contributed by atoms with Gasteiger partial charge in [0.15, 0.2) is 46.6 Å². The van der Waals surface area contributed by atoms with Crippen molar-refractivity contribution in [2.45, 2.75) is 0 Å². The third kappa shape index (κ3) is 17.5. The number of nitrogens with one attached hydrogen (secondary N) is 1. The predicted octanol–water partition coefficient (Wildman–Crippen LogP) is 23.6. The SMILES string of the molecule is N=C(/C=C\C=C\c1cc(-c2ccccc2)cc(-c2ncccc2-c2nc(-c3ccccc3)nc(-c3ccccc3)n2)n1)c1cc(-c2ccccc2)nc(-c2ccccc2)n1.c1ccc(-c2cc(-c3ccc(-c4cc(-c5ccccc5)nc(-c5ccccc5)n4)cn3)nc(-c3cccc(-c4nc(-c5ccccc5)nc(-c5ccccc5)n4)n3)c2)cc1. The molecular formula is C104H70N16. The lowest BCUT2D eigenvalue weighted by atomic mass is 10.0. The Labute approximate surface area is 693 Å². The van der Waals surface area contributed by atoms with E-state index in [4.69, 9.17) is 80.2 Å². The molecule has 0 unspecified atom stereocenters. The summed E-state index contributed by atoms with van der Waals surface area (Å²) in [7, 11) is 0. The van der Waals surface area contributed by atoms with Crippen molar-refractivity contribution in [1.29, 1.82) is 5.41 Å². The van der Waals surface area contributed by atoms with Crippen LogP contribution in [0.2, 0.25) is 0 Å². The lowest BCUT2D eigenvalue weighted by Crippen LogP contribution is -2.03. The average Bonchev–Trinajstić information content (AvgIpc) is 0.787. The number of benzene rings is 10. The van der Waals surface area contributed by atoms with Gasteiger partial charge in [0.25, 0.3) is 0 Å². The highest BCUT2D eigenvalue weighted by Gasteiger charge is 2.22. The summed E-state index contributed by atoms with van der Waals surface area (Å²) in [5.74, 6) is 4.45. The number of pyridine rings is 5. The fraction of sp³-hybridized carbons (Fsp3) is 0. The number of aromatic nitrogens is 15. The second-order valence-electron chi connectivity index (χ2n) is 27.9. The molecule has 16 nitrogen and oxygen atoms in total. The third-order valence-corrected chi connectivity index (χ3v) is 19.7. The first-order valence-electron chi connectivity index (χ1n) is 39.1. The van der Waals surface area contributed by atoms with Crippen molar-refractivity contribution >= 4 is 11.8 Å². The lowest BCUT2D eigenvalue weighted by Gasteiger charge is -2.12. The van der Waals surface area contributed by atoms with Crippen LogP contribution in [0, 0.1) is 5.41 Å². The number of hydrogen-bond donors (Lipinski definition) is 1. The highest BCUT2D eigenvalue weighted by atomic mass is 15.1. The smallest absolute Gasteiger partial charge is 0.182 e. The second kappa shape index (κ2) is 35.3. The highest BCUT2D eigenvalue weighted by molar-refractivity contribution is 6.06. The zero-order valence-electron chi connectivity index (χ0n) is 64.5. The van der Waals surface area contributed by atoms with Crippen LogP contribution in [0.1, 0.15) is 11.4 Å². The van der Waals surface area contributed by atoms with Crippen LogP contribution in [0.15, 0.2) is 413 Å². The van der Waals surface area contributed by atoms with Gasteiger partial charge in [-0.25, -0.2) is 64.8 Å². The summed E-state index contributed by atoms with van der Waals surface area (Å²) in [5, 5.41) is 9.02. The van der Waals surface area contributed by atoms with Crippen molar-refractivity contribution < 1.29 is 0 Å². The maximum atomic E-state index is 9.02. The monoisotopic (exact) mass is 1540 g/mol. The molecule has 0 saturated carbocycles. The summed E-state index contributed by atoms with van der Waals surface area (Å²) in [6.45, 7) is 0. The minimum absolute atomic E-state index is 0.253. The Morgan fingerprint density at radius 1 is 0.208 bits per heavy atom. The lowest BCUT2D eigenvalue weighted by molar-refractivity contribution is 1.06. The molecule has 0 fully saturated rings. The standard InChI is InChI=1S/C52H34N8.C52H36N8/c1-6-17-35(18-7-1)41-31-47(42-30-29-40(34-53-42)46-33-45(36-19-8-2-9-20-36)56-49(57-46)37-21-10-3-11-22-37)55-48(32-41)43-27-16-28-44(54-43)52-59-50(38-23-12-4-13-24-38)58-51(60-52)39-25-14-5-15-26-39;53-44(46-35-45(37-21-8-2-9-22-37)56-49(57-46)38-23-10-3-11-24-38)31-17-16-29-42-33-41(36-19-6-1-7-20-36)34-47(55-42)48-43(30-18-32-54-48)52-59-50(39-25-12-4-13-26-39)58-51(60-52)40-27-14-5-15-28-40/h1-34H;1-35,53H/b;29-16+,31-17-,53-44?. The fourth-order valence-corrected chi connectivity index (χ4v) is 13.7. The zero-order valence-corrected chi connectivity index (χ0v) is 64.5. The van der Waals surface area contributed by atoms with Crippen LogP contribution < -0.4 is 0 Å². The van der Waals surface area contributed by atoms with E-state index in [1.807, 2.05) is 358 Å². The van der Waals surface area contributed by atoms with Crippen LogP contribution in [0.5, 0.6) is 0 Å². The maximum absolute atomic E-state index is 9.02. The summed E-state index contributed by atoms with van der Waals surface area (Å²) >= 11 is 0. The summed E-state index contributed by atoms with van der Waals surface area (Å²) in [5.41, 5.74) is 21.5. The van der Waals surface area contributed by atoms with Crippen molar-refractivity contribution in [2.24, 2.45) is 0 Å². The molecule has 19 aromatic rings. The minimum atomic E-state index is 0.253. The predicted molar refractivity (Wildman–Crippen MR) is 478 cm³/mol. The average molecular weight is 1540 g/mol. The van der Waals surface area contributed by atoms with Gasteiger partial charge in [-0.2, -0.15) is 0 Å². The Morgan fingerprint density at radius 2 is 0.583 bits per heavy atom. The molecule has 566 valence electrons. The van der Waals surface area contributed by atoms with Gasteiger partial charge < -0.3 is 0 Å². The van der Waals surface area contributed by atoms with Crippen molar-refractivity contribution in [1.82, 2.24) is 74.8 Å². The Bertz CT molecular complexity index is 6630. The zero-order chi connectivity index (χ0) is 80.6. The van der Waals surface area contributed by atoms with Crippen LogP contribution in [0.3, 0.4) is 0 Å². The van der Waals surface area contributed by atoms with E-state index in [1.165, 1.54) is 0 Å². The molecule has 0 radical (unpaired) electrons. The van der Waals surface area contributed by atoms with E-state index in [1.54, 1.807) is 12.3 Å². The first kappa shape index (κ1) is 74.7. The summed E-state index contributed by atoms with van der Waals surface area (Å²) in [6, 6.07) is 126. The Hall–Kier alpha value is -16.7. The molecular weight excluding hydrogens is 1470 g/mol. The van der Waals surface area contributed by atoms with Gasteiger partial charge in [-0.15, -0.1) is 0 Å². The molecule has 120 heavy (non-hydrogen) atoms. The molecule has 0 aliphatic heterocycles. The highest BCUT2D eigenvalue weighted by Crippen LogP contribution is 2.37. The molecule has 19 rings (SSSR count). The fourth-order valence-electron chi connectivity index (χ4n) is 13.7. The maximum Gasteiger partial charge on any atom is 0.182 e. The molecule has 0 saturated heterocycles. The minimum Gasteiger partial charge on any atom is -0.299 e. The second-order valence-corrected chi connectivity index (χ2v) is 27.9. The van der Waals surface area contributed by atoms with Crippen LogP contribution >= 0.6 is 0 Å². The van der Waals surface area contributed by atoms with E-state index in [2.05, 4.69) is 48.5 Å².